The summed E-state index contributed by atoms with van der Waals surface area (Å²) in [6.07, 6.45) is 1.77. The Balaban J connectivity index is 1.77. The molecule has 2 aromatic carbocycles. The molecule has 31 heavy (non-hydrogen) atoms. The fourth-order valence-electron chi connectivity index (χ4n) is 4.18. The van der Waals surface area contributed by atoms with Gasteiger partial charge in [-0.1, -0.05) is 29.5 Å². The normalized spacial score (nSPS) is 12.4. The molecular formula is C24H21FN6. The highest BCUT2D eigenvalue weighted by atomic mass is 19.1. The van der Waals surface area contributed by atoms with Crippen molar-refractivity contribution in [2.24, 2.45) is 7.05 Å². The van der Waals surface area contributed by atoms with E-state index in [2.05, 4.69) is 25.9 Å². The van der Waals surface area contributed by atoms with E-state index in [9.17, 15) is 4.39 Å². The first-order valence-electron chi connectivity index (χ1n) is 10.0. The Labute approximate surface area is 179 Å². The van der Waals surface area contributed by atoms with Gasteiger partial charge in [0.1, 0.15) is 17.7 Å². The lowest BCUT2D eigenvalue weighted by Crippen LogP contribution is -2.15. The molecule has 0 bridgehead atoms. The number of aryl methyl sites for hydroxylation is 3. The third kappa shape index (κ3) is 3.28. The number of aromatic nitrogens is 6. The predicted octanol–water partition coefficient (Wildman–Crippen LogP) is 4.62. The number of halogens is 1. The molecule has 0 aliphatic carbocycles. The van der Waals surface area contributed by atoms with Crippen LogP contribution in [0.25, 0.3) is 22.3 Å². The molecule has 0 saturated carbocycles. The summed E-state index contributed by atoms with van der Waals surface area (Å²) in [5.41, 5.74) is 6.49. The molecule has 0 N–H and O–H groups in total. The number of fused-ring (bicyclic) bond motifs is 1. The molecule has 3 heterocycles. The summed E-state index contributed by atoms with van der Waals surface area (Å²) in [7, 11) is 1.89. The van der Waals surface area contributed by atoms with Gasteiger partial charge in [0.2, 0.25) is 0 Å². The smallest absolute Gasteiger partial charge is 0.123 e. The van der Waals surface area contributed by atoms with Crippen molar-refractivity contribution in [3.63, 3.8) is 0 Å². The highest BCUT2D eigenvalue weighted by Crippen LogP contribution is 2.33. The van der Waals surface area contributed by atoms with Crippen LogP contribution in [-0.2, 0) is 7.05 Å². The average molecular weight is 412 g/mol. The van der Waals surface area contributed by atoms with E-state index >= 15 is 0 Å². The maximum atomic E-state index is 13.7. The quantitative estimate of drug-likeness (QED) is 0.432. The van der Waals surface area contributed by atoms with Crippen molar-refractivity contribution in [1.82, 2.24) is 29.5 Å². The Hall–Kier alpha value is -3.87. The zero-order valence-corrected chi connectivity index (χ0v) is 17.5. The van der Waals surface area contributed by atoms with E-state index in [0.29, 0.717) is 0 Å². The average Bonchev–Trinajstić information content (AvgIpc) is 3.28. The summed E-state index contributed by atoms with van der Waals surface area (Å²) < 4.78 is 17.6. The number of benzene rings is 2. The molecule has 0 spiro atoms. The number of nitrogens with zero attached hydrogens (tertiary/aromatic N) is 6. The number of imidazole rings is 1. The van der Waals surface area contributed by atoms with Crippen molar-refractivity contribution >= 4 is 11.0 Å². The fraction of sp³-hybridized carbons (Fsp3) is 0.167. The van der Waals surface area contributed by atoms with Gasteiger partial charge in [-0.3, -0.25) is 4.98 Å². The fourth-order valence-corrected chi connectivity index (χ4v) is 4.18. The van der Waals surface area contributed by atoms with Gasteiger partial charge in [-0.2, -0.15) is 0 Å². The molecule has 0 radical (unpaired) electrons. The minimum absolute atomic E-state index is 0.243. The first-order valence-corrected chi connectivity index (χ1v) is 10.0. The molecule has 7 heteroatoms. The summed E-state index contributed by atoms with van der Waals surface area (Å²) in [5, 5.41) is 8.32. The van der Waals surface area contributed by atoms with Gasteiger partial charge < -0.3 is 4.57 Å². The van der Waals surface area contributed by atoms with E-state index in [0.717, 1.165) is 45.1 Å². The van der Waals surface area contributed by atoms with Crippen molar-refractivity contribution in [2.75, 3.05) is 0 Å². The molecule has 0 saturated heterocycles. The van der Waals surface area contributed by atoms with Crippen LogP contribution in [0.15, 0.2) is 66.9 Å². The molecule has 0 unspecified atom stereocenters. The second kappa shape index (κ2) is 7.43. The number of hydrogen-bond acceptors (Lipinski definition) is 4. The van der Waals surface area contributed by atoms with Crippen LogP contribution in [0.5, 0.6) is 0 Å². The molecule has 5 aromatic rings. The topological polar surface area (TPSA) is 61.4 Å². The zero-order chi connectivity index (χ0) is 21.5. The SMILES string of the molecule is Cc1nnn(C)c1-c1ccc2nc(C)n([C@@H](c3ccc(F)cc3)c3ccccn3)c2c1. The number of pyridine rings is 1. The minimum Gasteiger partial charge on any atom is -0.315 e. The van der Waals surface area contributed by atoms with E-state index < -0.39 is 0 Å². The number of rotatable bonds is 4. The Morgan fingerprint density at radius 2 is 1.77 bits per heavy atom. The Kier molecular flexibility index (Phi) is 4.58. The van der Waals surface area contributed by atoms with E-state index in [1.54, 1.807) is 23.0 Å². The van der Waals surface area contributed by atoms with Gasteiger partial charge in [-0.15, -0.1) is 5.10 Å². The van der Waals surface area contributed by atoms with Crippen LogP contribution in [-0.4, -0.2) is 29.5 Å². The lowest BCUT2D eigenvalue weighted by molar-refractivity contribution is 0.620. The Morgan fingerprint density at radius 3 is 2.45 bits per heavy atom. The van der Waals surface area contributed by atoms with Crippen LogP contribution in [0.1, 0.15) is 28.8 Å². The molecule has 5 rings (SSSR count). The van der Waals surface area contributed by atoms with Crippen molar-refractivity contribution in [2.45, 2.75) is 19.9 Å². The molecule has 3 aromatic heterocycles. The van der Waals surface area contributed by atoms with Crippen molar-refractivity contribution in [1.29, 1.82) is 0 Å². The molecule has 1 atom stereocenters. The summed E-state index contributed by atoms with van der Waals surface area (Å²) in [4.78, 5) is 9.41. The van der Waals surface area contributed by atoms with Crippen LogP contribution < -0.4 is 0 Å². The van der Waals surface area contributed by atoms with Crippen LogP contribution in [0.4, 0.5) is 4.39 Å². The third-order valence-corrected chi connectivity index (χ3v) is 5.55. The van der Waals surface area contributed by atoms with Crippen molar-refractivity contribution < 1.29 is 4.39 Å². The maximum absolute atomic E-state index is 13.7. The van der Waals surface area contributed by atoms with E-state index in [1.807, 2.05) is 51.2 Å². The first kappa shape index (κ1) is 19.1. The van der Waals surface area contributed by atoms with Gasteiger partial charge in [-0.05, 0) is 55.8 Å². The van der Waals surface area contributed by atoms with Crippen LogP contribution in [0.2, 0.25) is 0 Å². The molecule has 0 amide bonds. The van der Waals surface area contributed by atoms with E-state index in [-0.39, 0.29) is 11.9 Å². The van der Waals surface area contributed by atoms with Gasteiger partial charge in [-0.25, -0.2) is 14.1 Å². The van der Waals surface area contributed by atoms with E-state index in [4.69, 9.17) is 4.98 Å². The largest absolute Gasteiger partial charge is 0.315 e. The molecule has 0 fully saturated rings. The molecule has 0 aliphatic heterocycles. The second-order valence-electron chi connectivity index (χ2n) is 7.59. The lowest BCUT2D eigenvalue weighted by Gasteiger charge is -2.21. The molecule has 6 nitrogen and oxygen atoms in total. The monoisotopic (exact) mass is 412 g/mol. The third-order valence-electron chi connectivity index (χ3n) is 5.55. The second-order valence-corrected chi connectivity index (χ2v) is 7.59. The van der Waals surface area contributed by atoms with Crippen LogP contribution in [0, 0.1) is 19.7 Å². The highest BCUT2D eigenvalue weighted by Gasteiger charge is 2.23. The highest BCUT2D eigenvalue weighted by molar-refractivity contribution is 5.83. The van der Waals surface area contributed by atoms with Crippen molar-refractivity contribution in [3.05, 3.63) is 95.5 Å². The zero-order valence-electron chi connectivity index (χ0n) is 17.5. The number of hydrogen-bond donors (Lipinski definition) is 0. The van der Waals surface area contributed by atoms with Gasteiger partial charge in [0.15, 0.2) is 0 Å². The summed E-state index contributed by atoms with van der Waals surface area (Å²) in [6, 6.07) is 18.3. The molecule has 0 aliphatic rings. The van der Waals surface area contributed by atoms with Crippen LogP contribution >= 0.6 is 0 Å². The summed E-state index contributed by atoms with van der Waals surface area (Å²) in [6.45, 7) is 3.93. The van der Waals surface area contributed by atoms with Crippen molar-refractivity contribution in [3.8, 4) is 11.3 Å². The minimum atomic E-state index is -0.266. The first-order chi connectivity index (χ1) is 15.0. The molecule has 154 valence electrons. The van der Waals surface area contributed by atoms with E-state index in [1.165, 1.54) is 12.1 Å². The Bertz CT molecular complexity index is 1350. The summed E-state index contributed by atoms with van der Waals surface area (Å²) in [5.74, 6) is 0.587. The Morgan fingerprint density at radius 1 is 0.968 bits per heavy atom. The predicted molar refractivity (Wildman–Crippen MR) is 117 cm³/mol. The summed E-state index contributed by atoms with van der Waals surface area (Å²) >= 11 is 0. The van der Waals surface area contributed by atoms with Gasteiger partial charge >= 0.3 is 0 Å². The van der Waals surface area contributed by atoms with Gasteiger partial charge in [0.25, 0.3) is 0 Å². The molecular weight excluding hydrogens is 391 g/mol. The van der Waals surface area contributed by atoms with Gasteiger partial charge in [0, 0.05) is 18.8 Å². The van der Waals surface area contributed by atoms with Crippen LogP contribution in [0.3, 0.4) is 0 Å². The standard InChI is InChI=1S/C24H21FN6/c1-15-23(30(3)29-28-15)18-9-12-20-22(14-18)31(16(2)27-20)24(21-6-4-5-13-26-21)17-7-10-19(25)11-8-17/h4-14,24H,1-3H3/t24-/m0/s1. The van der Waals surface area contributed by atoms with Gasteiger partial charge in [0.05, 0.1) is 28.1 Å². The lowest BCUT2D eigenvalue weighted by atomic mass is 10.0. The maximum Gasteiger partial charge on any atom is 0.123 e.